The van der Waals surface area contributed by atoms with Crippen LogP contribution in [0, 0.1) is 0 Å². The van der Waals surface area contributed by atoms with Crippen LogP contribution in [0.4, 0.5) is 11.4 Å². The van der Waals surface area contributed by atoms with Gasteiger partial charge in [-0.1, -0.05) is 82.5 Å². The quantitative estimate of drug-likeness (QED) is 0.312. The van der Waals surface area contributed by atoms with Crippen molar-refractivity contribution in [2.45, 2.75) is 78.6 Å². The lowest BCUT2D eigenvalue weighted by Gasteiger charge is -2.15. The minimum absolute atomic E-state index is 1.14. The zero-order chi connectivity index (χ0) is 21.9. The zero-order valence-corrected chi connectivity index (χ0v) is 19.7. The molecule has 1 N–H and O–H groups in total. The molecule has 0 aromatic heterocycles. The van der Waals surface area contributed by atoms with Gasteiger partial charge in [-0.15, -0.1) is 0 Å². The fourth-order valence-corrected chi connectivity index (χ4v) is 4.00. The molecule has 0 aliphatic rings. The summed E-state index contributed by atoms with van der Waals surface area (Å²) in [6, 6.07) is 25.1. The molecule has 1 heteroatoms. The molecule has 0 amide bonds. The fraction of sp³-hybridized carbons (Fsp3) is 0.400. The molecule has 0 unspecified atom stereocenters. The molecule has 3 aromatic rings. The van der Waals surface area contributed by atoms with Crippen LogP contribution in [0.1, 0.15) is 76.0 Å². The Labute approximate surface area is 189 Å². The summed E-state index contributed by atoms with van der Waals surface area (Å²) in [4.78, 5) is 0. The summed E-state index contributed by atoms with van der Waals surface area (Å²) in [7, 11) is 0. The first-order valence-corrected chi connectivity index (χ1v) is 12.3. The minimum Gasteiger partial charge on any atom is -0.355 e. The third-order valence-corrected chi connectivity index (χ3v) is 6.04. The molecule has 3 rings (SSSR count). The van der Waals surface area contributed by atoms with E-state index in [4.69, 9.17) is 0 Å². The van der Waals surface area contributed by atoms with Gasteiger partial charge < -0.3 is 5.32 Å². The smallest absolute Gasteiger partial charge is 0.0464 e. The Morgan fingerprint density at radius 3 is 1.58 bits per heavy atom. The van der Waals surface area contributed by atoms with Crippen LogP contribution < -0.4 is 5.32 Å². The number of hydrogen-bond acceptors (Lipinski definition) is 1. The van der Waals surface area contributed by atoms with E-state index in [1.165, 1.54) is 84.9 Å². The molecule has 0 atom stereocenters. The summed E-state index contributed by atoms with van der Waals surface area (Å²) in [6.45, 7) is 6.76. The van der Waals surface area contributed by atoms with E-state index in [2.05, 4.69) is 92.8 Å². The van der Waals surface area contributed by atoms with E-state index in [0.29, 0.717) is 0 Å². The fourth-order valence-electron chi connectivity index (χ4n) is 4.00. The third kappa shape index (κ3) is 6.99. The van der Waals surface area contributed by atoms with Crippen molar-refractivity contribution in [2.24, 2.45) is 0 Å². The van der Waals surface area contributed by atoms with Gasteiger partial charge in [0.25, 0.3) is 0 Å². The predicted molar refractivity (Wildman–Crippen MR) is 137 cm³/mol. The molecule has 164 valence electrons. The number of hydrogen-bond donors (Lipinski definition) is 1. The van der Waals surface area contributed by atoms with Crippen LogP contribution in [-0.2, 0) is 19.3 Å². The van der Waals surface area contributed by atoms with Crippen LogP contribution in [-0.4, -0.2) is 0 Å². The Bertz CT molecular complexity index is 906. The molecule has 0 saturated carbocycles. The van der Waals surface area contributed by atoms with E-state index in [1.807, 2.05) is 0 Å². The maximum Gasteiger partial charge on any atom is 0.0464 e. The Balaban J connectivity index is 1.85. The normalized spacial score (nSPS) is 10.9. The molecule has 0 heterocycles. The van der Waals surface area contributed by atoms with E-state index < -0.39 is 0 Å². The highest BCUT2D eigenvalue weighted by Crippen LogP contribution is 2.32. The van der Waals surface area contributed by atoms with Gasteiger partial charge in [-0.25, -0.2) is 0 Å². The van der Waals surface area contributed by atoms with Crippen molar-refractivity contribution in [3.63, 3.8) is 0 Å². The molecule has 3 aromatic carbocycles. The molecular formula is C30H39N. The van der Waals surface area contributed by atoms with Crippen molar-refractivity contribution in [2.75, 3.05) is 5.32 Å². The number of nitrogens with one attached hydrogen (secondary N) is 1. The first-order valence-electron chi connectivity index (χ1n) is 12.3. The van der Waals surface area contributed by atoms with Crippen molar-refractivity contribution in [1.29, 1.82) is 0 Å². The Morgan fingerprint density at radius 2 is 1.03 bits per heavy atom. The summed E-state index contributed by atoms with van der Waals surface area (Å²) in [5.41, 5.74) is 9.21. The van der Waals surface area contributed by atoms with Crippen molar-refractivity contribution < 1.29 is 0 Å². The van der Waals surface area contributed by atoms with Crippen LogP contribution in [0.15, 0.2) is 66.7 Å². The molecule has 0 aliphatic heterocycles. The second kappa shape index (κ2) is 12.3. The molecule has 0 bridgehead atoms. The van der Waals surface area contributed by atoms with Gasteiger partial charge in [0.2, 0.25) is 0 Å². The van der Waals surface area contributed by atoms with Crippen molar-refractivity contribution >= 4 is 11.4 Å². The van der Waals surface area contributed by atoms with Crippen LogP contribution >= 0.6 is 0 Å². The average molecular weight is 414 g/mol. The van der Waals surface area contributed by atoms with E-state index >= 15 is 0 Å². The largest absolute Gasteiger partial charge is 0.355 e. The molecule has 0 aliphatic carbocycles. The zero-order valence-electron chi connectivity index (χ0n) is 19.7. The van der Waals surface area contributed by atoms with Crippen LogP contribution in [0.2, 0.25) is 0 Å². The number of aryl methyl sites for hydroxylation is 3. The summed E-state index contributed by atoms with van der Waals surface area (Å²) >= 11 is 0. The van der Waals surface area contributed by atoms with Gasteiger partial charge >= 0.3 is 0 Å². The minimum atomic E-state index is 1.14. The van der Waals surface area contributed by atoms with Crippen LogP contribution in [0.3, 0.4) is 0 Å². The van der Waals surface area contributed by atoms with Gasteiger partial charge in [-0.3, -0.25) is 0 Å². The van der Waals surface area contributed by atoms with Gasteiger partial charge in [0.1, 0.15) is 0 Å². The number of anilines is 2. The number of benzene rings is 3. The third-order valence-electron chi connectivity index (χ3n) is 6.04. The van der Waals surface area contributed by atoms with Crippen molar-refractivity contribution in [1.82, 2.24) is 0 Å². The van der Waals surface area contributed by atoms with E-state index in [-0.39, 0.29) is 0 Å². The van der Waals surface area contributed by atoms with Crippen molar-refractivity contribution in [3.8, 4) is 11.1 Å². The van der Waals surface area contributed by atoms with Gasteiger partial charge in [-0.05, 0) is 85.0 Å². The highest BCUT2D eigenvalue weighted by atomic mass is 14.9. The first-order chi connectivity index (χ1) is 15.2. The molecule has 0 spiro atoms. The number of unbranched alkanes of at least 4 members (excludes halogenated alkanes) is 3. The second-order valence-electron chi connectivity index (χ2n) is 8.71. The van der Waals surface area contributed by atoms with Crippen LogP contribution in [0.5, 0.6) is 0 Å². The highest BCUT2D eigenvalue weighted by Gasteiger charge is 2.08. The predicted octanol–water partition coefficient (Wildman–Crippen LogP) is 9.12. The maximum absolute atomic E-state index is 3.69. The summed E-state index contributed by atoms with van der Waals surface area (Å²) in [6.07, 6.45) is 10.9. The highest BCUT2D eigenvalue weighted by molar-refractivity contribution is 5.81. The standard InChI is InChI=1S/C30H39N/c1-4-7-10-24-13-18-27(19-14-24)29-23-26(12-9-6-3)17-22-30(29)31-28-20-15-25(16-21-28)11-8-5-2/h13-23,31H,4-12H2,1-3H3. The Morgan fingerprint density at radius 1 is 0.548 bits per heavy atom. The Hall–Kier alpha value is -2.54. The molecular weight excluding hydrogens is 374 g/mol. The monoisotopic (exact) mass is 413 g/mol. The second-order valence-corrected chi connectivity index (χ2v) is 8.71. The van der Waals surface area contributed by atoms with E-state index in [1.54, 1.807) is 0 Å². The van der Waals surface area contributed by atoms with Gasteiger partial charge in [0.05, 0.1) is 0 Å². The van der Waals surface area contributed by atoms with Gasteiger partial charge in [0, 0.05) is 16.9 Å². The molecule has 0 fully saturated rings. The SMILES string of the molecule is CCCCc1ccc(Nc2ccc(CCCC)cc2-c2ccc(CCCC)cc2)cc1. The topological polar surface area (TPSA) is 12.0 Å². The van der Waals surface area contributed by atoms with E-state index in [9.17, 15) is 0 Å². The summed E-state index contributed by atoms with van der Waals surface area (Å²) in [5.74, 6) is 0. The lowest BCUT2D eigenvalue weighted by atomic mass is 9.96. The molecule has 1 nitrogen and oxygen atoms in total. The van der Waals surface area contributed by atoms with Crippen molar-refractivity contribution in [3.05, 3.63) is 83.4 Å². The molecule has 0 saturated heterocycles. The molecule has 31 heavy (non-hydrogen) atoms. The average Bonchev–Trinajstić information content (AvgIpc) is 2.82. The summed E-state index contributed by atoms with van der Waals surface area (Å²) in [5, 5.41) is 3.69. The first kappa shape index (κ1) is 23.1. The lowest BCUT2D eigenvalue weighted by Crippen LogP contribution is -1.96. The van der Waals surface area contributed by atoms with Crippen LogP contribution in [0.25, 0.3) is 11.1 Å². The summed E-state index contributed by atoms with van der Waals surface area (Å²) < 4.78 is 0. The van der Waals surface area contributed by atoms with E-state index in [0.717, 1.165) is 12.1 Å². The van der Waals surface area contributed by atoms with Gasteiger partial charge in [-0.2, -0.15) is 0 Å². The lowest BCUT2D eigenvalue weighted by molar-refractivity contribution is 0.795. The molecule has 0 radical (unpaired) electrons. The Kier molecular flexibility index (Phi) is 9.21. The van der Waals surface area contributed by atoms with Gasteiger partial charge in [0.15, 0.2) is 0 Å². The number of rotatable bonds is 12. The maximum atomic E-state index is 3.69.